The van der Waals surface area contributed by atoms with E-state index in [0.717, 1.165) is 25.3 Å². The van der Waals surface area contributed by atoms with Gasteiger partial charge in [-0.05, 0) is 0 Å². The first-order valence-corrected chi connectivity index (χ1v) is 7.54. The number of aromatic nitrogens is 3. The Balaban J connectivity index is 1.59. The van der Waals surface area contributed by atoms with Gasteiger partial charge in [0.15, 0.2) is 0 Å². The van der Waals surface area contributed by atoms with E-state index in [1.54, 1.807) is 4.68 Å². The summed E-state index contributed by atoms with van der Waals surface area (Å²) < 4.78 is 1.67. The molecule has 7 heteroatoms. The molecule has 2 N–H and O–H groups in total. The second-order valence-electron chi connectivity index (χ2n) is 4.33. The Morgan fingerprint density at radius 1 is 1.33 bits per heavy atom. The van der Waals surface area contributed by atoms with Gasteiger partial charge in [-0.25, -0.2) is 4.68 Å². The summed E-state index contributed by atoms with van der Waals surface area (Å²) in [6, 6.07) is 0. The molecule has 0 aliphatic carbocycles. The van der Waals surface area contributed by atoms with Crippen LogP contribution in [0.2, 0.25) is 0 Å². The fourth-order valence-corrected chi connectivity index (χ4v) is 2.89. The molecule has 102 valence electrons. The van der Waals surface area contributed by atoms with E-state index in [4.69, 9.17) is 5.11 Å². The predicted octanol–water partition coefficient (Wildman–Crippen LogP) is -0.591. The number of hydrogen-bond acceptors (Lipinski definition) is 6. The van der Waals surface area contributed by atoms with Crippen molar-refractivity contribution >= 4 is 11.8 Å². The summed E-state index contributed by atoms with van der Waals surface area (Å²) in [5, 5.41) is 20.1. The molecule has 0 bridgehead atoms. The lowest BCUT2D eigenvalue weighted by Gasteiger charge is -2.25. The molecule has 0 aromatic carbocycles. The quantitative estimate of drug-likeness (QED) is 0.646. The molecule has 6 nitrogen and oxygen atoms in total. The van der Waals surface area contributed by atoms with Gasteiger partial charge in [0.1, 0.15) is 0 Å². The molecule has 0 atom stereocenters. The maximum absolute atomic E-state index is 8.78. The monoisotopic (exact) mass is 271 g/mol. The number of hydrogen-bond donors (Lipinski definition) is 2. The molecular formula is C11H21N5OS. The number of thioether (sulfide) groups is 1. The van der Waals surface area contributed by atoms with Gasteiger partial charge in [0, 0.05) is 50.4 Å². The Kier molecular flexibility index (Phi) is 5.92. The highest BCUT2D eigenvalue weighted by Crippen LogP contribution is 2.07. The van der Waals surface area contributed by atoms with Crippen LogP contribution in [0.1, 0.15) is 5.69 Å². The van der Waals surface area contributed by atoms with Gasteiger partial charge in [0.05, 0.1) is 18.8 Å². The van der Waals surface area contributed by atoms with Gasteiger partial charge in [-0.3, -0.25) is 0 Å². The Labute approximate surface area is 112 Å². The molecule has 1 aromatic heterocycles. The topological polar surface area (TPSA) is 66.2 Å². The van der Waals surface area contributed by atoms with Gasteiger partial charge in [-0.1, -0.05) is 5.21 Å². The number of nitrogens with one attached hydrogen (secondary N) is 1. The van der Waals surface area contributed by atoms with Gasteiger partial charge in [0.2, 0.25) is 0 Å². The number of nitrogens with zero attached hydrogens (tertiary/aromatic N) is 4. The molecule has 18 heavy (non-hydrogen) atoms. The van der Waals surface area contributed by atoms with E-state index in [1.165, 1.54) is 24.6 Å². The summed E-state index contributed by atoms with van der Waals surface area (Å²) in [6.45, 7) is 5.86. The minimum atomic E-state index is 0.100. The van der Waals surface area contributed by atoms with Crippen LogP contribution >= 0.6 is 11.8 Å². The van der Waals surface area contributed by atoms with Crippen LogP contribution < -0.4 is 5.32 Å². The standard InChI is InChI=1S/C11H21N5OS/c17-6-3-16-10-11(13-14-16)9-12-1-2-15-4-7-18-8-5-15/h10,12,17H,1-9H2. The van der Waals surface area contributed by atoms with Crippen molar-refractivity contribution in [3.05, 3.63) is 11.9 Å². The maximum Gasteiger partial charge on any atom is 0.0964 e. The lowest BCUT2D eigenvalue weighted by atomic mass is 10.4. The summed E-state index contributed by atoms with van der Waals surface area (Å²) in [5.74, 6) is 2.52. The molecule has 0 unspecified atom stereocenters. The van der Waals surface area contributed by atoms with E-state index in [2.05, 4.69) is 20.5 Å². The van der Waals surface area contributed by atoms with Crippen molar-refractivity contribution in [1.29, 1.82) is 0 Å². The summed E-state index contributed by atoms with van der Waals surface area (Å²) >= 11 is 2.04. The highest BCUT2D eigenvalue weighted by atomic mass is 32.2. The van der Waals surface area contributed by atoms with Crippen molar-refractivity contribution in [3.8, 4) is 0 Å². The van der Waals surface area contributed by atoms with E-state index < -0.39 is 0 Å². The molecule has 0 radical (unpaired) electrons. The van der Waals surface area contributed by atoms with Crippen LogP contribution in [0, 0.1) is 0 Å². The highest BCUT2D eigenvalue weighted by molar-refractivity contribution is 7.99. The second kappa shape index (κ2) is 7.73. The van der Waals surface area contributed by atoms with Crippen LogP contribution in [0.5, 0.6) is 0 Å². The molecule has 1 aliphatic heterocycles. The summed E-state index contributed by atoms with van der Waals surface area (Å²) in [4.78, 5) is 2.49. The van der Waals surface area contributed by atoms with Gasteiger partial charge in [0.25, 0.3) is 0 Å². The average Bonchev–Trinajstić information content (AvgIpc) is 2.84. The zero-order chi connectivity index (χ0) is 12.6. The van der Waals surface area contributed by atoms with Gasteiger partial charge in [-0.2, -0.15) is 11.8 Å². The minimum absolute atomic E-state index is 0.100. The molecule has 0 amide bonds. The Morgan fingerprint density at radius 2 is 2.17 bits per heavy atom. The molecule has 1 fully saturated rings. The summed E-state index contributed by atoms with van der Waals surface area (Å²) in [6.07, 6.45) is 1.88. The van der Waals surface area contributed by atoms with E-state index in [0.29, 0.717) is 6.54 Å². The molecule has 1 saturated heterocycles. The van der Waals surface area contributed by atoms with Crippen molar-refractivity contribution < 1.29 is 5.11 Å². The molecule has 1 aliphatic rings. The molecule has 2 heterocycles. The van der Waals surface area contributed by atoms with Crippen LogP contribution in [0.25, 0.3) is 0 Å². The number of rotatable bonds is 7. The Hall–Kier alpha value is -0.630. The molecule has 1 aromatic rings. The molecule has 2 rings (SSSR count). The van der Waals surface area contributed by atoms with Crippen molar-refractivity contribution in [1.82, 2.24) is 25.2 Å². The summed E-state index contributed by atoms with van der Waals surface area (Å²) in [7, 11) is 0. The van der Waals surface area contributed by atoms with Gasteiger partial charge < -0.3 is 15.3 Å². The lowest BCUT2D eigenvalue weighted by Crippen LogP contribution is -2.37. The van der Waals surface area contributed by atoms with E-state index in [1.807, 2.05) is 18.0 Å². The molecule has 0 saturated carbocycles. The molecular weight excluding hydrogens is 250 g/mol. The SMILES string of the molecule is OCCn1cc(CNCCN2CCSCC2)nn1. The first-order chi connectivity index (χ1) is 8.88. The van der Waals surface area contributed by atoms with Gasteiger partial charge in [-0.15, -0.1) is 5.10 Å². The Morgan fingerprint density at radius 3 is 2.94 bits per heavy atom. The third kappa shape index (κ3) is 4.56. The number of aliphatic hydroxyl groups is 1. The molecule has 0 spiro atoms. The summed E-state index contributed by atoms with van der Waals surface area (Å²) in [5.41, 5.74) is 0.928. The van der Waals surface area contributed by atoms with E-state index in [9.17, 15) is 0 Å². The van der Waals surface area contributed by atoms with Crippen molar-refractivity contribution in [3.63, 3.8) is 0 Å². The van der Waals surface area contributed by atoms with Crippen LogP contribution in [-0.2, 0) is 13.1 Å². The van der Waals surface area contributed by atoms with Gasteiger partial charge >= 0.3 is 0 Å². The van der Waals surface area contributed by atoms with Crippen LogP contribution in [0.3, 0.4) is 0 Å². The van der Waals surface area contributed by atoms with Crippen LogP contribution in [0.4, 0.5) is 0 Å². The van der Waals surface area contributed by atoms with Crippen LogP contribution in [-0.4, -0.2) is 69.3 Å². The number of aliphatic hydroxyl groups excluding tert-OH is 1. The average molecular weight is 271 g/mol. The highest BCUT2D eigenvalue weighted by Gasteiger charge is 2.09. The minimum Gasteiger partial charge on any atom is -0.394 e. The van der Waals surface area contributed by atoms with Crippen molar-refractivity contribution in [2.24, 2.45) is 0 Å². The first-order valence-electron chi connectivity index (χ1n) is 6.39. The fraction of sp³-hybridized carbons (Fsp3) is 0.818. The first kappa shape index (κ1) is 13.8. The smallest absolute Gasteiger partial charge is 0.0964 e. The maximum atomic E-state index is 8.78. The van der Waals surface area contributed by atoms with Crippen molar-refractivity contribution in [2.45, 2.75) is 13.1 Å². The zero-order valence-electron chi connectivity index (χ0n) is 10.6. The van der Waals surface area contributed by atoms with Crippen molar-refractivity contribution in [2.75, 3.05) is 44.3 Å². The Bertz CT molecular complexity index is 340. The lowest BCUT2D eigenvalue weighted by molar-refractivity contribution is 0.268. The zero-order valence-corrected chi connectivity index (χ0v) is 11.4. The third-order valence-electron chi connectivity index (χ3n) is 2.93. The van der Waals surface area contributed by atoms with E-state index in [-0.39, 0.29) is 6.61 Å². The fourth-order valence-electron chi connectivity index (χ4n) is 1.91. The van der Waals surface area contributed by atoms with E-state index >= 15 is 0 Å². The van der Waals surface area contributed by atoms with Crippen LogP contribution in [0.15, 0.2) is 6.20 Å². The third-order valence-corrected chi connectivity index (χ3v) is 3.87. The largest absolute Gasteiger partial charge is 0.394 e. The predicted molar refractivity (Wildman–Crippen MR) is 72.6 cm³/mol. The second-order valence-corrected chi connectivity index (χ2v) is 5.55. The normalized spacial score (nSPS) is 17.2.